The van der Waals surface area contributed by atoms with Crippen molar-refractivity contribution in [3.63, 3.8) is 0 Å². The van der Waals surface area contributed by atoms with Gasteiger partial charge in [0.2, 0.25) is 17.6 Å². The van der Waals surface area contributed by atoms with Crippen LogP contribution in [0.4, 0.5) is 4.39 Å². The zero-order chi connectivity index (χ0) is 22.0. The van der Waals surface area contributed by atoms with Crippen molar-refractivity contribution in [3.8, 4) is 11.4 Å². The Bertz CT molecular complexity index is 1290. The van der Waals surface area contributed by atoms with Crippen molar-refractivity contribution in [1.82, 2.24) is 30.0 Å². The van der Waals surface area contributed by atoms with Crippen LogP contribution in [0.1, 0.15) is 25.8 Å². The van der Waals surface area contributed by atoms with E-state index in [2.05, 4.69) is 25.4 Å². The molecule has 1 unspecified atom stereocenters. The third-order valence-corrected chi connectivity index (χ3v) is 4.73. The molecule has 158 valence electrons. The Hall–Kier alpha value is -3.95. The van der Waals surface area contributed by atoms with Crippen molar-refractivity contribution in [1.29, 1.82) is 0 Å². The number of rotatable bonds is 6. The molecule has 0 bridgehead atoms. The van der Waals surface area contributed by atoms with E-state index in [1.165, 1.54) is 18.5 Å². The Balaban J connectivity index is 1.54. The van der Waals surface area contributed by atoms with Crippen LogP contribution in [0.3, 0.4) is 0 Å². The van der Waals surface area contributed by atoms with Crippen LogP contribution in [0.2, 0.25) is 0 Å². The summed E-state index contributed by atoms with van der Waals surface area (Å²) in [5, 5.41) is 6.90. The number of amides is 1. The van der Waals surface area contributed by atoms with Crippen LogP contribution in [-0.2, 0) is 11.3 Å². The number of halogens is 1. The topological polar surface area (TPSA) is 116 Å². The zero-order valence-corrected chi connectivity index (χ0v) is 16.8. The first-order valence-corrected chi connectivity index (χ1v) is 9.60. The molecule has 1 atom stereocenters. The van der Waals surface area contributed by atoms with Gasteiger partial charge in [0.05, 0.1) is 17.2 Å². The van der Waals surface area contributed by atoms with Gasteiger partial charge in [-0.1, -0.05) is 19.0 Å². The minimum atomic E-state index is -0.558. The zero-order valence-electron chi connectivity index (χ0n) is 16.8. The van der Waals surface area contributed by atoms with Gasteiger partial charge < -0.3 is 9.84 Å². The lowest BCUT2D eigenvalue weighted by atomic mass is 10.0. The molecule has 9 nitrogen and oxygen atoms in total. The first-order valence-electron chi connectivity index (χ1n) is 9.60. The molecular weight excluding hydrogens is 403 g/mol. The first kappa shape index (κ1) is 20.3. The number of fused-ring (bicyclic) bond motifs is 1. The molecule has 1 N–H and O–H groups in total. The third kappa shape index (κ3) is 4.32. The largest absolute Gasteiger partial charge is 0.342 e. The minimum absolute atomic E-state index is 0.0600. The molecule has 3 heterocycles. The fourth-order valence-electron chi connectivity index (χ4n) is 3.11. The second kappa shape index (κ2) is 8.42. The van der Waals surface area contributed by atoms with Gasteiger partial charge in [-0.15, -0.1) is 0 Å². The molecule has 0 saturated heterocycles. The van der Waals surface area contributed by atoms with Crippen LogP contribution >= 0.6 is 0 Å². The van der Waals surface area contributed by atoms with Crippen molar-refractivity contribution in [2.75, 3.05) is 0 Å². The number of pyridine rings is 1. The number of aromatic nitrogens is 5. The fourth-order valence-corrected chi connectivity index (χ4v) is 3.11. The van der Waals surface area contributed by atoms with Crippen molar-refractivity contribution < 1.29 is 13.7 Å². The summed E-state index contributed by atoms with van der Waals surface area (Å²) in [7, 11) is 0. The Morgan fingerprint density at radius 1 is 1.23 bits per heavy atom. The molecule has 10 heteroatoms. The van der Waals surface area contributed by atoms with Crippen LogP contribution in [0.25, 0.3) is 22.3 Å². The molecule has 0 aliphatic rings. The van der Waals surface area contributed by atoms with Gasteiger partial charge in [-0.3, -0.25) is 19.1 Å². The number of nitrogens with one attached hydrogen (secondary N) is 1. The van der Waals surface area contributed by atoms with Crippen LogP contribution in [-0.4, -0.2) is 30.6 Å². The van der Waals surface area contributed by atoms with E-state index in [1.807, 2.05) is 13.8 Å². The summed E-state index contributed by atoms with van der Waals surface area (Å²) in [6, 6.07) is 6.69. The van der Waals surface area contributed by atoms with Crippen molar-refractivity contribution in [2.45, 2.75) is 26.4 Å². The summed E-state index contributed by atoms with van der Waals surface area (Å²) < 4.78 is 20.0. The quantitative estimate of drug-likeness (QED) is 0.507. The van der Waals surface area contributed by atoms with E-state index in [4.69, 9.17) is 4.52 Å². The first-order chi connectivity index (χ1) is 14.9. The molecule has 0 radical (unpaired) electrons. The number of benzene rings is 1. The molecule has 31 heavy (non-hydrogen) atoms. The number of hydrogen-bond donors (Lipinski definition) is 1. The highest BCUT2D eigenvalue weighted by molar-refractivity contribution is 5.79. The number of carbonyl (C=O) groups excluding carboxylic acids is 1. The van der Waals surface area contributed by atoms with Crippen LogP contribution < -0.4 is 10.9 Å². The molecule has 0 spiro atoms. The summed E-state index contributed by atoms with van der Waals surface area (Å²) in [6.45, 7) is 3.51. The van der Waals surface area contributed by atoms with E-state index in [0.29, 0.717) is 11.3 Å². The van der Waals surface area contributed by atoms with Crippen molar-refractivity contribution >= 4 is 16.8 Å². The van der Waals surface area contributed by atoms with E-state index in [0.717, 1.165) is 16.2 Å². The molecule has 1 amide bonds. The predicted octanol–water partition coefficient (Wildman–Crippen LogP) is 2.49. The molecule has 4 rings (SSSR count). The average molecular weight is 422 g/mol. The lowest BCUT2D eigenvalue weighted by molar-refractivity contribution is -0.123. The molecule has 4 aromatic rings. The number of hydrogen-bond acceptors (Lipinski definition) is 7. The Morgan fingerprint density at radius 3 is 2.74 bits per heavy atom. The van der Waals surface area contributed by atoms with Gasteiger partial charge in [-0.25, -0.2) is 9.37 Å². The van der Waals surface area contributed by atoms with E-state index >= 15 is 0 Å². The SMILES string of the molecule is CC(C)C(NC(=O)Cn1cnc2ccc(F)cc2c1=O)c1nc(-c2ccncc2)no1. The normalized spacial score (nSPS) is 12.3. The van der Waals surface area contributed by atoms with Crippen LogP contribution in [0.5, 0.6) is 0 Å². The lowest BCUT2D eigenvalue weighted by Crippen LogP contribution is -2.36. The van der Waals surface area contributed by atoms with E-state index in [1.54, 1.807) is 24.5 Å². The maximum atomic E-state index is 13.5. The van der Waals surface area contributed by atoms with Gasteiger partial charge in [0.25, 0.3) is 5.56 Å². The minimum Gasteiger partial charge on any atom is -0.342 e. The summed E-state index contributed by atoms with van der Waals surface area (Å²) >= 11 is 0. The number of nitrogens with zero attached hydrogens (tertiary/aromatic N) is 5. The highest BCUT2D eigenvalue weighted by atomic mass is 19.1. The maximum absolute atomic E-state index is 13.5. The summed E-state index contributed by atoms with van der Waals surface area (Å²) in [5.74, 6) is -0.414. The Labute approximate surface area is 176 Å². The molecule has 0 aliphatic carbocycles. The van der Waals surface area contributed by atoms with Gasteiger partial charge >= 0.3 is 0 Å². The van der Waals surface area contributed by atoms with Gasteiger partial charge in [-0.05, 0) is 36.2 Å². The monoisotopic (exact) mass is 422 g/mol. The molecule has 0 saturated carbocycles. The number of carbonyl (C=O) groups is 1. The highest BCUT2D eigenvalue weighted by Gasteiger charge is 2.25. The predicted molar refractivity (Wildman–Crippen MR) is 109 cm³/mol. The summed E-state index contributed by atoms with van der Waals surface area (Å²) in [6.07, 6.45) is 4.50. The summed E-state index contributed by atoms with van der Waals surface area (Å²) in [5.41, 5.74) is 0.594. The second-order valence-electron chi connectivity index (χ2n) is 7.32. The smallest absolute Gasteiger partial charge is 0.261 e. The van der Waals surface area contributed by atoms with Crippen LogP contribution in [0.15, 0.2) is 58.4 Å². The van der Waals surface area contributed by atoms with Crippen LogP contribution in [0, 0.1) is 11.7 Å². The second-order valence-corrected chi connectivity index (χ2v) is 7.32. The molecular formula is C21H19FN6O3. The Kier molecular flexibility index (Phi) is 5.52. The van der Waals surface area contributed by atoms with Gasteiger partial charge in [0.15, 0.2) is 0 Å². The summed E-state index contributed by atoms with van der Waals surface area (Å²) in [4.78, 5) is 37.7. The fraction of sp³-hybridized carbons (Fsp3) is 0.238. The molecule has 3 aromatic heterocycles. The van der Waals surface area contributed by atoms with Gasteiger partial charge in [0, 0.05) is 18.0 Å². The standard InChI is InChI=1S/C21H19FN6O3/c1-12(2)18(20-26-19(27-31-20)13-5-7-23-8-6-13)25-17(29)10-28-11-24-16-4-3-14(22)9-15(16)21(28)30/h3-9,11-12,18H,10H2,1-2H3,(H,25,29). The van der Waals surface area contributed by atoms with Gasteiger partial charge in [0.1, 0.15) is 18.4 Å². The average Bonchev–Trinajstić information content (AvgIpc) is 3.25. The third-order valence-electron chi connectivity index (χ3n) is 4.73. The van der Waals surface area contributed by atoms with E-state index in [-0.39, 0.29) is 23.7 Å². The maximum Gasteiger partial charge on any atom is 0.261 e. The highest BCUT2D eigenvalue weighted by Crippen LogP contribution is 2.23. The van der Waals surface area contributed by atoms with E-state index < -0.39 is 23.3 Å². The van der Waals surface area contributed by atoms with Crippen molar-refractivity contribution in [3.05, 3.63) is 71.1 Å². The molecule has 0 fully saturated rings. The molecule has 1 aromatic carbocycles. The van der Waals surface area contributed by atoms with Crippen molar-refractivity contribution in [2.24, 2.45) is 5.92 Å². The molecule has 0 aliphatic heterocycles. The van der Waals surface area contributed by atoms with Gasteiger partial charge in [-0.2, -0.15) is 4.98 Å². The lowest BCUT2D eigenvalue weighted by Gasteiger charge is -2.18. The van der Waals surface area contributed by atoms with E-state index in [9.17, 15) is 14.0 Å². The Morgan fingerprint density at radius 2 is 2.00 bits per heavy atom.